The summed E-state index contributed by atoms with van der Waals surface area (Å²) in [5.74, 6) is 0.166. The first-order valence-corrected chi connectivity index (χ1v) is 8.25. The minimum atomic E-state index is 0. The zero-order valence-electron chi connectivity index (χ0n) is 13.3. The number of fused-ring (bicyclic) bond motifs is 1. The van der Waals surface area contributed by atoms with Crippen LogP contribution >= 0.6 is 12.4 Å². The summed E-state index contributed by atoms with van der Waals surface area (Å²) in [5, 5.41) is 3.42. The first-order chi connectivity index (χ1) is 10.8. The minimum absolute atomic E-state index is 0. The van der Waals surface area contributed by atoms with E-state index in [0.29, 0.717) is 19.3 Å². The molecule has 2 saturated heterocycles. The lowest BCUT2D eigenvalue weighted by Crippen LogP contribution is -2.52. The SMILES string of the molecule is Cl.O=C(c1ccc2c(c1)COC2)N1CCN(C2CCNC2)CC1. The van der Waals surface area contributed by atoms with Crippen LogP contribution < -0.4 is 5.32 Å². The molecule has 0 aromatic heterocycles. The van der Waals surface area contributed by atoms with Gasteiger partial charge in [-0.25, -0.2) is 0 Å². The molecule has 6 heteroatoms. The second-order valence-corrected chi connectivity index (χ2v) is 6.45. The Bertz CT molecular complexity index is 567. The third-order valence-electron chi connectivity index (χ3n) is 5.12. The molecule has 0 saturated carbocycles. The second kappa shape index (κ2) is 7.18. The Morgan fingerprint density at radius 1 is 1.13 bits per heavy atom. The van der Waals surface area contributed by atoms with E-state index < -0.39 is 0 Å². The van der Waals surface area contributed by atoms with Crippen molar-refractivity contribution in [3.8, 4) is 0 Å². The van der Waals surface area contributed by atoms with Gasteiger partial charge in [-0.05, 0) is 36.2 Å². The van der Waals surface area contributed by atoms with Gasteiger partial charge in [-0.1, -0.05) is 6.07 Å². The predicted molar refractivity (Wildman–Crippen MR) is 90.9 cm³/mol. The molecule has 1 aromatic rings. The third-order valence-corrected chi connectivity index (χ3v) is 5.12. The lowest BCUT2D eigenvalue weighted by atomic mass is 10.1. The van der Waals surface area contributed by atoms with Crippen LogP contribution in [-0.2, 0) is 18.0 Å². The van der Waals surface area contributed by atoms with Crippen molar-refractivity contribution in [1.82, 2.24) is 15.1 Å². The van der Waals surface area contributed by atoms with E-state index in [9.17, 15) is 4.79 Å². The quantitative estimate of drug-likeness (QED) is 0.882. The van der Waals surface area contributed by atoms with Gasteiger partial charge in [0.25, 0.3) is 5.91 Å². The molecule has 0 aliphatic carbocycles. The molecule has 0 spiro atoms. The second-order valence-electron chi connectivity index (χ2n) is 6.45. The fourth-order valence-electron chi connectivity index (χ4n) is 3.73. The number of halogens is 1. The highest BCUT2D eigenvalue weighted by Crippen LogP contribution is 2.22. The van der Waals surface area contributed by atoms with Gasteiger partial charge in [-0.3, -0.25) is 9.69 Å². The Balaban J connectivity index is 0.00000156. The van der Waals surface area contributed by atoms with Crippen LogP contribution in [0.15, 0.2) is 18.2 Å². The number of nitrogens with zero attached hydrogens (tertiary/aromatic N) is 2. The maximum Gasteiger partial charge on any atom is 0.253 e. The monoisotopic (exact) mass is 337 g/mol. The zero-order valence-corrected chi connectivity index (χ0v) is 14.1. The number of rotatable bonds is 2. The Labute approximate surface area is 143 Å². The molecule has 3 heterocycles. The molecule has 1 atom stereocenters. The van der Waals surface area contributed by atoms with Gasteiger partial charge in [0, 0.05) is 44.3 Å². The Morgan fingerprint density at radius 3 is 2.65 bits per heavy atom. The standard InChI is InChI=1S/C17H23N3O2.ClH/c21-17(13-1-2-14-11-22-12-15(14)9-13)20-7-5-19(6-8-20)16-3-4-18-10-16;/h1-2,9,16,18H,3-8,10-12H2;1H. The van der Waals surface area contributed by atoms with Gasteiger partial charge in [0.15, 0.2) is 0 Å². The maximum absolute atomic E-state index is 12.7. The summed E-state index contributed by atoms with van der Waals surface area (Å²) in [7, 11) is 0. The van der Waals surface area contributed by atoms with Gasteiger partial charge in [0.2, 0.25) is 0 Å². The van der Waals surface area contributed by atoms with E-state index in [-0.39, 0.29) is 18.3 Å². The fraction of sp³-hybridized carbons (Fsp3) is 0.588. The number of carbonyl (C=O) groups is 1. The number of carbonyl (C=O) groups excluding carboxylic acids is 1. The Morgan fingerprint density at radius 2 is 1.91 bits per heavy atom. The van der Waals surface area contributed by atoms with E-state index >= 15 is 0 Å². The first-order valence-electron chi connectivity index (χ1n) is 8.25. The van der Waals surface area contributed by atoms with Crippen molar-refractivity contribution in [3.05, 3.63) is 34.9 Å². The summed E-state index contributed by atoms with van der Waals surface area (Å²) < 4.78 is 5.43. The largest absolute Gasteiger partial charge is 0.372 e. The highest BCUT2D eigenvalue weighted by atomic mass is 35.5. The minimum Gasteiger partial charge on any atom is -0.372 e. The van der Waals surface area contributed by atoms with E-state index in [0.717, 1.165) is 44.8 Å². The molecule has 5 nitrogen and oxygen atoms in total. The molecule has 1 aromatic carbocycles. The number of hydrogen-bond donors (Lipinski definition) is 1. The number of hydrogen-bond acceptors (Lipinski definition) is 4. The number of piperazine rings is 1. The van der Waals surface area contributed by atoms with Crippen molar-refractivity contribution in [2.24, 2.45) is 0 Å². The molecule has 23 heavy (non-hydrogen) atoms. The molecular weight excluding hydrogens is 314 g/mol. The number of amides is 1. The summed E-state index contributed by atoms with van der Waals surface area (Å²) in [6, 6.07) is 6.66. The molecule has 3 aliphatic rings. The summed E-state index contributed by atoms with van der Waals surface area (Å²) in [4.78, 5) is 17.2. The third kappa shape index (κ3) is 3.38. The molecule has 126 valence electrons. The van der Waals surface area contributed by atoms with Crippen molar-refractivity contribution >= 4 is 18.3 Å². The highest BCUT2D eigenvalue weighted by Gasteiger charge is 2.28. The van der Waals surface area contributed by atoms with Crippen LogP contribution in [0.5, 0.6) is 0 Å². The van der Waals surface area contributed by atoms with Crippen LogP contribution in [0.4, 0.5) is 0 Å². The van der Waals surface area contributed by atoms with E-state index in [4.69, 9.17) is 4.74 Å². The zero-order chi connectivity index (χ0) is 14.9. The fourth-order valence-corrected chi connectivity index (χ4v) is 3.73. The Kier molecular flexibility index (Phi) is 5.21. The van der Waals surface area contributed by atoms with E-state index in [1.807, 2.05) is 23.1 Å². The summed E-state index contributed by atoms with van der Waals surface area (Å²) in [6.07, 6.45) is 1.23. The average Bonchev–Trinajstić information content (AvgIpc) is 3.25. The topological polar surface area (TPSA) is 44.8 Å². The van der Waals surface area contributed by atoms with Crippen LogP contribution in [0.1, 0.15) is 27.9 Å². The van der Waals surface area contributed by atoms with Crippen molar-refractivity contribution in [2.75, 3.05) is 39.3 Å². The van der Waals surface area contributed by atoms with Gasteiger partial charge < -0.3 is 15.0 Å². The van der Waals surface area contributed by atoms with Crippen molar-refractivity contribution in [3.63, 3.8) is 0 Å². The van der Waals surface area contributed by atoms with Gasteiger partial charge in [-0.2, -0.15) is 0 Å². The van der Waals surface area contributed by atoms with Crippen molar-refractivity contribution in [1.29, 1.82) is 0 Å². The molecule has 4 rings (SSSR count). The molecule has 1 N–H and O–H groups in total. The van der Waals surface area contributed by atoms with Crippen molar-refractivity contribution < 1.29 is 9.53 Å². The van der Waals surface area contributed by atoms with Crippen LogP contribution in [0.3, 0.4) is 0 Å². The number of nitrogens with one attached hydrogen (secondary N) is 1. The molecular formula is C17H24ClN3O2. The van der Waals surface area contributed by atoms with Gasteiger partial charge in [0.1, 0.15) is 0 Å². The molecule has 1 amide bonds. The predicted octanol–water partition coefficient (Wildman–Crippen LogP) is 1.26. The smallest absolute Gasteiger partial charge is 0.253 e. The van der Waals surface area contributed by atoms with E-state index in [1.165, 1.54) is 17.5 Å². The molecule has 2 fully saturated rings. The highest BCUT2D eigenvalue weighted by molar-refractivity contribution is 5.94. The van der Waals surface area contributed by atoms with Crippen LogP contribution in [0.2, 0.25) is 0 Å². The summed E-state index contributed by atoms with van der Waals surface area (Å²) in [6.45, 7) is 7.20. The maximum atomic E-state index is 12.7. The van der Waals surface area contributed by atoms with Crippen LogP contribution in [0.25, 0.3) is 0 Å². The van der Waals surface area contributed by atoms with Gasteiger partial charge >= 0.3 is 0 Å². The number of ether oxygens (including phenoxy) is 1. The van der Waals surface area contributed by atoms with Gasteiger partial charge in [-0.15, -0.1) is 12.4 Å². The average molecular weight is 338 g/mol. The normalized spacial score (nSPS) is 24.3. The molecule has 1 unspecified atom stereocenters. The van der Waals surface area contributed by atoms with Crippen LogP contribution in [-0.4, -0.2) is 61.0 Å². The van der Waals surface area contributed by atoms with Crippen LogP contribution in [0, 0.1) is 0 Å². The number of benzene rings is 1. The summed E-state index contributed by atoms with van der Waals surface area (Å²) in [5.41, 5.74) is 3.19. The van der Waals surface area contributed by atoms with E-state index in [2.05, 4.69) is 10.2 Å². The lowest BCUT2D eigenvalue weighted by Gasteiger charge is -2.37. The molecule has 3 aliphatic heterocycles. The molecule has 0 bridgehead atoms. The molecule has 0 radical (unpaired) electrons. The van der Waals surface area contributed by atoms with Crippen molar-refractivity contribution in [2.45, 2.75) is 25.7 Å². The first kappa shape index (κ1) is 16.7. The van der Waals surface area contributed by atoms with E-state index in [1.54, 1.807) is 0 Å². The lowest BCUT2D eigenvalue weighted by molar-refractivity contribution is 0.0583. The summed E-state index contributed by atoms with van der Waals surface area (Å²) >= 11 is 0. The Hall–Kier alpha value is -1.14. The van der Waals surface area contributed by atoms with Gasteiger partial charge in [0.05, 0.1) is 13.2 Å².